The Morgan fingerprint density at radius 1 is 1.71 bits per heavy atom. The van der Waals surface area contributed by atoms with Gasteiger partial charge in [-0.1, -0.05) is 6.92 Å². The van der Waals surface area contributed by atoms with Crippen molar-refractivity contribution in [3.05, 3.63) is 0 Å². The second-order valence-electron chi connectivity index (χ2n) is 0.726. The van der Waals surface area contributed by atoms with E-state index >= 15 is 0 Å². The Bertz CT molecular complexity index is 54.1. The van der Waals surface area contributed by atoms with Crippen molar-refractivity contribution in [2.75, 3.05) is 0 Å². The molecule has 0 heterocycles. The predicted octanol–water partition coefficient (Wildman–Crippen LogP) is -0.975. The Balaban J connectivity index is 0. The van der Waals surface area contributed by atoms with E-state index in [0.717, 1.165) is 18.3 Å². The molecule has 0 aromatic heterocycles. The molecule has 0 amide bonds. The quantitative estimate of drug-likeness (QED) is 0.499. The molecular weight excluding hydrogens is 185 g/mol. The van der Waals surface area contributed by atoms with Crippen LogP contribution in [0.3, 0.4) is 0 Å². The number of carboxylic acids is 1. The Morgan fingerprint density at radius 3 is 1.86 bits per heavy atom. The molecule has 4 heteroatoms. The summed E-state index contributed by atoms with van der Waals surface area (Å²) in [5.41, 5.74) is 0. The summed E-state index contributed by atoms with van der Waals surface area (Å²) in [4.78, 5) is 9.26. The van der Waals surface area contributed by atoms with Gasteiger partial charge in [-0.3, -0.25) is 0 Å². The van der Waals surface area contributed by atoms with E-state index in [9.17, 15) is 9.90 Å². The van der Waals surface area contributed by atoms with Crippen molar-refractivity contribution in [2.45, 2.75) is 13.3 Å². The Kier molecular flexibility index (Phi) is 13.3. The molecule has 0 unspecified atom stereocenters. The van der Waals surface area contributed by atoms with Gasteiger partial charge in [-0.25, -0.2) is 0 Å². The zero-order valence-corrected chi connectivity index (χ0v) is 5.52. The van der Waals surface area contributed by atoms with Gasteiger partial charge in [0.1, 0.15) is 0 Å². The van der Waals surface area contributed by atoms with Gasteiger partial charge in [-0.15, -0.1) is 0 Å². The third-order valence-electron chi connectivity index (χ3n) is 0.289. The fourth-order valence-electron chi connectivity index (χ4n) is 0. The van der Waals surface area contributed by atoms with E-state index in [1.54, 1.807) is 0 Å². The third-order valence-corrected chi connectivity index (χ3v) is 0.289. The molecule has 43 valence electrons. The molecule has 0 aliphatic heterocycles. The summed E-state index contributed by atoms with van der Waals surface area (Å²) in [6.45, 7) is 1.54. The topological polar surface area (TPSA) is 57.2 Å². The molecule has 0 fully saturated rings. The second-order valence-corrected chi connectivity index (χ2v) is 0.726. The molecule has 0 saturated carbocycles. The van der Waals surface area contributed by atoms with Crippen LogP contribution in [-0.4, -0.2) is 5.97 Å². The first-order chi connectivity index (χ1) is 3.27. The number of hydrogen-bond acceptors (Lipinski definition) is 3. The summed E-state index contributed by atoms with van der Waals surface area (Å²) < 4.78 is 8.18. The zero-order valence-electron chi connectivity index (χ0n) is 3.79. The fourth-order valence-corrected chi connectivity index (χ4v) is 0. The van der Waals surface area contributed by atoms with Crippen molar-refractivity contribution in [1.82, 2.24) is 0 Å². The predicted molar refractivity (Wildman–Crippen MR) is 16.0 cm³/mol. The number of carboxylic acid groups (broad SMARTS) is 1. The average Bonchev–Trinajstić information content (AvgIpc) is 1.73. The number of rotatable bonds is 1. The second kappa shape index (κ2) is 9.31. The van der Waals surface area contributed by atoms with Crippen LogP contribution in [0.2, 0.25) is 0 Å². The number of carbonyl (C=O) groups excluding carboxylic acids is 1. The van der Waals surface area contributed by atoms with Crippen LogP contribution in [0.25, 0.3) is 0 Å². The average molecular weight is 190 g/mol. The van der Waals surface area contributed by atoms with Gasteiger partial charge in [0.25, 0.3) is 0 Å². The summed E-state index contributed by atoms with van der Waals surface area (Å²) in [6.07, 6.45) is 0.111. The Labute approximate surface area is 51.7 Å². The molecule has 7 heavy (non-hydrogen) atoms. The van der Waals surface area contributed by atoms with Crippen LogP contribution in [0.15, 0.2) is 0 Å². The van der Waals surface area contributed by atoms with Crippen LogP contribution in [0.4, 0.5) is 0 Å². The van der Waals surface area contributed by atoms with E-state index in [0.29, 0.717) is 0 Å². The van der Waals surface area contributed by atoms with Gasteiger partial charge in [-0.2, -0.15) is 0 Å². The summed E-state index contributed by atoms with van der Waals surface area (Å²) in [6, 6.07) is 0. The summed E-state index contributed by atoms with van der Waals surface area (Å²) in [5.74, 6) is -0.995. The molecule has 0 saturated heterocycles. The summed E-state index contributed by atoms with van der Waals surface area (Å²) in [7, 11) is 0. The van der Waals surface area contributed by atoms with E-state index < -0.39 is 5.97 Å². The monoisotopic (exact) mass is 191 g/mol. The molecule has 0 radical (unpaired) electrons. The van der Waals surface area contributed by atoms with Gasteiger partial charge in [0, 0.05) is 5.97 Å². The van der Waals surface area contributed by atoms with Gasteiger partial charge in [-0.05, 0) is 6.42 Å². The molecule has 0 bridgehead atoms. The maximum atomic E-state index is 9.26. The standard InChI is InChI=1S/C3H6O2.O.Ru/c1-2-3(4)5;;/h2H2,1H3,(H,4,5);;/q;;+1/p-1. The van der Waals surface area contributed by atoms with Gasteiger partial charge >= 0.3 is 21.8 Å². The van der Waals surface area contributed by atoms with Crippen molar-refractivity contribution in [3.63, 3.8) is 0 Å². The van der Waals surface area contributed by atoms with Gasteiger partial charge in [0.05, 0.1) is 0 Å². The van der Waals surface area contributed by atoms with E-state index in [2.05, 4.69) is 0 Å². The minimum absolute atomic E-state index is 0.111. The summed E-state index contributed by atoms with van der Waals surface area (Å²) in [5, 5.41) is 9.26. The van der Waals surface area contributed by atoms with Crippen LogP contribution in [0, 0.1) is 0 Å². The zero-order chi connectivity index (χ0) is 6.28. The molecule has 0 aromatic carbocycles. The SMILES string of the molecule is CCC(=O)[O-].[O]=[Ru+]. The van der Waals surface area contributed by atoms with E-state index in [-0.39, 0.29) is 6.42 Å². The number of aliphatic carboxylic acids is 1. The van der Waals surface area contributed by atoms with Gasteiger partial charge < -0.3 is 9.90 Å². The molecule has 0 spiro atoms. The molecule has 3 nitrogen and oxygen atoms in total. The van der Waals surface area contributed by atoms with E-state index in [1.807, 2.05) is 0 Å². The molecule has 0 aromatic rings. The van der Waals surface area contributed by atoms with Crippen molar-refractivity contribution in [2.24, 2.45) is 0 Å². The van der Waals surface area contributed by atoms with Crippen molar-refractivity contribution >= 4 is 5.97 Å². The van der Waals surface area contributed by atoms with Crippen LogP contribution >= 0.6 is 0 Å². The third kappa shape index (κ3) is 24.9. The van der Waals surface area contributed by atoms with Gasteiger partial charge in [0.15, 0.2) is 0 Å². The first-order valence-corrected chi connectivity index (χ1v) is 2.32. The van der Waals surface area contributed by atoms with E-state index in [1.165, 1.54) is 6.92 Å². The van der Waals surface area contributed by atoms with Crippen molar-refractivity contribution < 1.29 is 31.7 Å². The van der Waals surface area contributed by atoms with Crippen LogP contribution in [0.1, 0.15) is 13.3 Å². The molecule has 0 N–H and O–H groups in total. The van der Waals surface area contributed by atoms with Crippen molar-refractivity contribution in [1.29, 1.82) is 0 Å². The molecule has 0 aliphatic rings. The Hall–Kier alpha value is -0.107. The molecular formula is C3H5O3Ru. The Morgan fingerprint density at radius 2 is 1.86 bits per heavy atom. The number of hydrogen-bond donors (Lipinski definition) is 0. The van der Waals surface area contributed by atoms with Crippen LogP contribution in [0.5, 0.6) is 0 Å². The molecule has 0 rings (SSSR count). The normalized spacial score (nSPS) is 5.86. The number of carbonyl (C=O) groups is 1. The van der Waals surface area contributed by atoms with Crippen LogP contribution < -0.4 is 5.11 Å². The minimum atomic E-state index is -0.995. The first-order valence-electron chi connectivity index (χ1n) is 1.61. The fraction of sp³-hybridized carbons (Fsp3) is 0.667. The molecule has 0 atom stereocenters. The van der Waals surface area contributed by atoms with Crippen LogP contribution in [-0.2, 0) is 26.6 Å². The van der Waals surface area contributed by atoms with E-state index in [4.69, 9.17) is 3.57 Å². The van der Waals surface area contributed by atoms with Crippen molar-refractivity contribution in [3.8, 4) is 0 Å². The van der Waals surface area contributed by atoms with Gasteiger partial charge in [0.2, 0.25) is 0 Å². The maximum absolute atomic E-state index is 9.26. The first kappa shape index (κ1) is 10.00. The molecule has 0 aliphatic carbocycles. The summed E-state index contributed by atoms with van der Waals surface area (Å²) >= 11 is 1.10.